The monoisotopic (exact) mass is 296 g/mol. The quantitative estimate of drug-likeness (QED) is 0.702. The summed E-state index contributed by atoms with van der Waals surface area (Å²) in [6, 6.07) is 1.85. The lowest BCUT2D eigenvalue weighted by molar-refractivity contribution is 0.838. The molecule has 22 heavy (non-hydrogen) atoms. The second-order valence-corrected chi connectivity index (χ2v) is 5.44. The second kappa shape index (κ2) is 4.97. The smallest absolute Gasteiger partial charge is 0.272 e. The van der Waals surface area contributed by atoms with Crippen LogP contribution >= 0.6 is 0 Å². The van der Waals surface area contributed by atoms with E-state index in [9.17, 15) is 0 Å². The molecule has 0 aromatic carbocycles. The Bertz CT molecular complexity index is 834. The fourth-order valence-corrected chi connectivity index (χ4v) is 2.75. The molecule has 1 fully saturated rings. The summed E-state index contributed by atoms with van der Waals surface area (Å²) in [5.41, 5.74) is 2.34. The van der Waals surface area contributed by atoms with Crippen LogP contribution in [0, 0.1) is 13.8 Å². The van der Waals surface area contributed by atoms with E-state index in [1.165, 1.54) is 12.8 Å². The van der Waals surface area contributed by atoms with Gasteiger partial charge in [0.2, 0.25) is 5.95 Å². The summed E-state index contributed by atoms with van der Waals surface area (Å²) < 4.78 is 1.70. The highest BCUT2D eigenvalue weighted by Gasteiger charge is 2.17. The molecule has 1 saturated heterocycles. The summed E-state index contributed by atoms with van der Waals surface area (Å²) in [5.74, 6) is 1.94. The third-order valence-electron chi connectivity index (χ3n) is 3.87. The van der Waals surface area contributed by atoms with Crippen molar-refractivity contribution in [2.24, 2.45) is 0 Å². The molecule has 0 radical (unpaired) electrons. The first-order valence-electron chi connectivity index (χ1n) is 7.37. The number of aromatic nitrogens is 7. The van der Waals surface area contributed by atoms with Gasteiger partial charge in [0.05, 0.1) is 11.4 Å². The van der Waals surface area contributed by atoms with Crippen LogP contribution in [0.2, 0.25) is 0 Å². The molecule has 1 aliphatic heterocycles. The van der Waals surface area contributed by atoms with Crippen molar-refractivity contribution >= 4 is 11.7 Å². The van der Waals surface area contributed by atoms with E-state index in [0.717, 1.165) is 30.4 Å². The Balaban J connectivity index is 1.81. The molecule has 1 aliphatic rings. The van der Waals surface area contributed by atoms with E-state index in [2.05, 4.69) is 35.1 Å². The summed E-state index contributed by atoms with van der Waals surface area (Å²) in [4.78, 5) is 15.5. The van der Waals surface area contributed by atoms with Crippen molar-refractivity contribution in [3.05, 3.63) is 23.8 Å². The van der Waals surface area contributed by atoms with Crippen molar-refractivity contribution in [2.75, 3.05) is 18.0 Å². The maximum Gasteiger partial charge on any atom is 0.272 e. The molecule has 0 unspecified atom stereocenters. The molecular weight excluding hydrogens is 280 g/mol. The number of anilines is 1. The molecule has 4 heterocycles. The normalized spacial score (nSPS) is 14.9. The van der Waals surface area contributed by atoms with E-state index in [-0.39, 0.29) is 0 Å². The molecule has 8 nitrogen and oxygen atoms in total. The standard InChI is InChI=1S/C14H16N8/c1-9-12(18-19-14-16-10(2)20-22(9)14)11-5-6-15-13(17-11)21-7-3-4-8-21/h5-6H,3-4,7-8H2,1-2H3. The molecule has 0 saturated carbocycles. The summed E-state index contributed by atoms with van der Waals surface area (Å²) in [6.07, 6.45) is 4.15. The van der Waals surface area contributed by atoms with Crippen molar-refractivity contribution < 1.29 is 0 Å². The van der Waals surface area contributed by atoms with Gasteiger partial charge in [-0.15, -0.1) is 15.3 Å². The molecule has 8 heteroatoms. The molecular formula is C14H16N8. The van der Waals surface area contributed by atoms with Gasteiger partial charge in [0, 0.05) is 19.3 Å². The Hall–Kier alpha value is -2.64. The van der Waals surface area contributed by atoms with Crippen LogP contribution in [-0.2, 0) is 0 Å². The Morgan fingerprint density at radius 3 is 2.68 bits per heavy atom. The number of hydrogen-bond donors (Lipinski definition) is 0. The Morgan fingerprint density at radius 1 is 1.05 bits per heavy atom. The molecule has 112 valence electrons. The molecule has 0 bridgehead atoms. The third-order valence-corrected chi connectivity index (χ3v) is 3.87. The minimum Gasteiger partial charge on any atom is -0.341 e. The SMILES string of the molecule is Cc1nc2nnc(-c3ccnc(N4CCCC4)n3)c(C)n2n1. The predicted molar refractivity (Wildman–Crippen MR) is 80.5 cm³/mol. The lowest BCUT2D eigenvalue weighted by Crippen LogP contribution is -2.20. The second-order valence-electron chi connectivity index (χ2n) is 5.44. The Labute approximate surface area is 127 Å². The average molecular weight is 296 g/mol. The van der Waals surface area contributed by atoms with Crippen LogP contribution in [0.1, 0.15) is 24.4 Å². The summed E-state index contributed by atoms with van der Waals surface area (Å²) in [6.45, 7) is 5.80. The van der Waals surface area contributed by atoms with Crippen molar-refractivity contribution in [2.45, 2.75) is 26.7 Å². The lowest BCUT2D eigenvalue weighted by Gasteiger charge is -2.15. The lowest BCUT2D eigenvalue weighted by atomic mass is 10.2. The van der Waals surface area contributed by atoms with Crippen molar-refractivity contribution in [3.8, 4) is 11.4 Å². The van der Waals surface area contributed by atoms with Crippen LogP contribution in [0.5, 0.6) is 0 Å². The van der Waals surface area contributed by atoms with E-state index in [1.54, 1.807) is 10.7 Å². The van der Waals surface area contributed by atoms with Crippen molar-refractivity contribution in [3.63, 3.8) is 0 Å². The molecule has 0 atom stereocenters. The van der Waals surface area contributed by atoms with Gasteiger partial charge in [-0.3, -0.25) is 0 Å². The maximum absolute atomic E-state index is 4.65. The Morgan fingerprint density at radius 2 is 1.86 bits per heavy atom. The van der Waals surface area contributed by atoms with Gasteiger partial charge in [-0.1, -0.05) is 0 Å². The van der Waals surface area contributed by atoms with Gasteiger partial charge in [0.15, 0.2) is 0 Å². The zero-order valence-corrected chi connectivity index (χ0v) is 12.6. The highest BCUT2D eigenvalue weighted by atomic mass is 15.4. The van der Waals surface area contributed by atoms with Crippen molar-refractivity contribution in [1.29, 1.82) is 0 Å². The van der Waals surface area contributed by atoms with Crippen LogP contribution in [0.4, 0.5) is 5.95 Å². The summed E-state index contributed by atoms with van der Waals surface area (Å²) in [7, 11) is 0. The number of fused-ring (bicyclic) bond motifs is 1. The third kappa shape index (κ3) is 2.07. The number of aryl methyl sites for hydroxylation is 2. The van der Waals surface area contributed by atoms with Crippen LogP contribution in [-0.4, -0.2) is 47.9 Å². The first-order chi connectivity index (χ1) is 10.7. The first kappa shape index (κ1) is 13.1. The fraction of sp³-hybridized carbons (Fsp3) is 0.429. The fourth-order valence-electron chi connectivity index (χ4n) is 2.75. The summed E-state index contributed by atoms with van der Waals surface area (Å²) in [5, 5.41) is 12.8. The molecule has 0 aliphatic carbocycles. The van der Waals surface area contributed by atoms with Gasteiger partial charge in [0.1, 0.15) is 11.5 Å². The average Bonchev–Trinajstić information content (AvgIpc) is 3.17. The summed E-state index contributed by atoms with van der Waals surface area (Å²) >= 11 is 0. The highest BCUT2D eigenvalue weighted by Crippen LogP contribution is 2.22. The minimum atomic E-state index is 0.507. The van der Waals surface area contributed by atoms with Crippen LogP contribution < -0.4 is 4.90 Å². The van der Waals surface area contributed by atoms with E-state index >= 15 is 0 Å². The van der Waals surface area contributed by atoms with E-state index in [4.69, 9.17) is 0 Å². The van der Waals surface area contributed by atoms with Gasteiger partial charge in [0.25, 0.3) is 5.78 Å². The van der Waals surface area contributed by atoms with Gasteiger partial charge < -0.3 is 4.90 Å². The number of nitrogens with zero attached hydrogens (tertiary/aromatic N) is 8. The predicted octanol–water partition coefficient (Wildman–Crippen LogP) is 1.19. The van der Waals surface area contributed by atoms with E-state index in [0.29, 0.717) is 17.3 Å². The molecule has 3 aromatic rings. The molecule has 0 spiro atoms. The molecule has 3 aromatic heterocycles. The van der Waals surface area contributed by atoms with Crippen LogP contribution in [0.15, 0.2) is 12.3 Å². The number of rotatable bonds is 2. The zero-order chi connectivity index (χ0) is 15.1. The van der Waals surface area contributed by atoms with Gasteiger partial charge in [-0.05, 0) is 32.8 Å². The maximum atomic E-state index is 4.65. The first-order valence-corrected chi connectivity index (χ1v) is 7.37. The van der Waals surface area contributed by atoms with Crippen LogP contribution in [0.3, 0.4) is 0 Å². The van der Waals surface area contributed by atoms with Gasteiger partial charge >= 0.3 is 0 Å². The van der Waals surface area contributed by atoms with Crippen molar-refractivity contribution in [1.82, 2.24) is 34.8 Å². The largest absolute Gasteiger partial charge is 0.341 e. The van der Waals surface area contributed by atoms with E-state index in [1.807, 2.05) is 19.9 Å². The zero-order valence-electron chi connectivity index (χ0n) is 12.6. The molecule has 0 N–H and O–H groups in total. The Kier molecular flexibility index (Phi) is 2.95. The molecule has 4 rings (SSSR count). The minimum absolute atomic E-state index is 0.507. The van der Waals surface area contributed by atoms with Gasteiger partial charge in [-0.2, -0.15) is 9.50 Å². The van der Waals surface area contributed by atoms with Crippen LogP contribution in [0.25, 0.3) is 17.2 Å². The topological polar surface area (TPSA) is 85.0 Å². The van der Waals surface area contributed by atoms with Gasteiger partial charge in [-0.25, -0.2) is 9.97 Å². The molecule has 0 amide bonds. The van der Waals surface area contributed by atoms with E-state index < -0.39 is 0 Å². The number of hydrogen-bond acceptors (Lipinski definition) is 7. The highest BCUT2D eigenvalue weighted by molar-refractivity contribution is 5.58.